The molecule has 0 bridgehead atoms. The second-order valence-electron chi connectivity index (χ2n) is 3.87. The average molecular weight is 272 g/mol. The molecule has 1 rings (SSSR count). The fraction of sp³-hybridized carbons (Fsp3) is 0.500. The van der Waals surface area contributed by atoms with Crippen LogP contribution in [0.15, 0.2) is 29.2 Å². The second kappa shape index (κ2) is 6.72. The largest absolute Gasteiger partial charge is 0.399 e. The molecule has 1 aromatic rings. The van der Waals surface area contributed by atoms with Crippen molar-refractivity contribution < 1.29 is 12.6 Å². The van der Waals surface area contributed by atoms with E-state index in [2.05, 4.69) is 4.90 Å². The Morgan fingerprint density at radius 3 is 2.22 bits per heavy atom. The standard InChI is InChI=1S/C12H20N2O3S/c1-3-14(4-2)9-10-17-18(15,16)12-7-5-11(13)6-8-12/h5-8H,3-4,9-10,13H2,1-2H3. The third kappa shape index (κ3) is 4.29. The lowest BCUT2D eigenvalue weighted by Gasteiger charge is -2.17. The van der Waals surface area contributed by atoms with Crippen molar-refractivity contribution >= 4 is 15.8 Å². The molecule has 1 aromatic carbocycles. The maximum absolute atomic E-state index is 11.8. The van der Waals surface area contributed by atoms with Crippen LogP contribution in [0.1, 0.15) is 13.8 Å². The van der Waals surface area contributed by atoms with Gasteiger partial charge in [0.25, 0.3) is 10.1 Å². The third-order valence-corrected chi connectivity index (χ3v) is 4.04. The normalized spacial score (nSPS) is 11.9. The van der Waals surface area contributed by atoms with E-state index in [4.69, 9.17) is 9.92 Å². The summed E-state index contributed by atoms with van der Waals surface area (Å²) in [6.07, 6.45) is 0. The Morgan fingerprint density at radius 2 is 1.72 bits per heavy atom. The highest BCUT2D eigenvalue weighted by atomic mass is 32.2. The first-order valence-corrected chi connectivity index (χ1v) is 7.37. The van der Waals surface area contributed by atoms with Crippen molar-refractivity contribution in [2.75, 3.05) is 32.0 Å². The minimum absolute atomic E-state index is 0.135. The van der Waals surface area contributed by atoms with Crippen LogP contribution in [0.25, 0.3) is 0 Å². The third-order valence-electron chi connectivity index (χ3n) is 2.71. The molecule has 2 N–H and O–H groups in total. The highest BCUT2D eigenvalue weighted by molar-refractivity contribution is 7.86. The quantitative estimate of drug-likeness (QED) is 0.598. The molecule has 0 amide bonds. The molecule has 102 valence electrons. The summed E-state index contributed by atoms with van der Waals surface area (Å²) in [4.78, 5) is 2.23. The SMILES string of the molecule is CCN(CC)CCOS(=O)(=O)c1ccc(N)cc1. The summed E-state index contributed by atoms with van der Waals surface area (Å²) in [6, 6.07) is 5.98. The van der Waals surface area contributed by atoms with E-state index in [0.29, 0.717) is 12.2 Å². The van der Waals surface area contributed by atoms with Crippen LogP contribution < -0.4 is 5.73 Å². The first-order chi connectivity index (χ1) is 8.49. The molecule has 0 fully saturated rings. The summed E-state index contributed by atoms with van der Waals surface area (Å²) in [5.41, 5.74) is 6.03. The lowest BCUT2D eigenvalue weighted by molar-refractivity contribution is 0.226. The molecule has 0 saturated heterocycles. The smallest absolute Gasteiger partial charge is 0.297 e. The van der Waals surface area contributed by atoms with Crippen LogP contribution in [-0.2, 0) is 14.3 Å². The van der Waals surface area contributed by atoms with Crippen LogP contribution in [0.3, 0.4) is 0 Å². The number of rotatable bonds is 7. The molecule has 0 heterocycles. The van der Waals surface area contributed by atoms with Gasteiger partial charge in [0, 0.05) is 12.2 Å². The topological polar surface area (TPSA) is 72.6 Å². The van der Waals surface area contributed by atoms with Gasteiger partial charge in [-0.2, -0.15) is 8.42 Å². The molecule has 5 nitrogen and oxygen atoms in total. The van der Waals surface area contributed by atoms with Gasteiger partial charge in [0.1, 0.15) is 0 Å². The van der Waals surface area contributed by atoms with Gasteiger partial charge in [-0.15, -0.1) is 0 Å². The highest BCUT2D eigenvalue weighted by Gasteiger charge is 2.14. The van der Waals surface area contributed by atoms with Crippen molar-refractivity contribution in [2.24, 2.45) is 0 Å². The number of hydrogen-bond acceptors (Lipinski definition) is 5. The van der Waals surface area contributed by atoms with Gasteiger partial charge in [-0.1, -0.05) is 13.8 Å². The Bertz CT molecular complexity index is 453. The van der Waals surface area contributed by atoms with Crippen LogP contribution in [0, 0.1) is 0 Å². The van der Waals surface area contributed by atoms with Crippen LogP contribution in [-0.4, -0.2) is 39.6 Å². The van der Waals surface area contributed by atoms with Gasteiger partial charge in [-0.05, 0) is 37.4 Å². The van der Waals surface area contributed by atoms with Crippen molar-refractivity contribution in [1.82, 2.24) is 4.90 Å². The molecule has 6 heteroatoms. The van der Waals surface area contributed by atoms with Gasteiger partial charge in [0.15, 0.2) is 0 Å². The zero-order valence-electron chi connectivity index (χ0n) is 10.8. The number of hydrogen-bond donors (Lipinski definition) is 1. The van der Waals surface area contributed by atoms with E-state index in [1.807, 2.05) is 13.8 Å². The monoisotopic (exact) mass is 272 g/mol. The van der Waals surface area contributed by atoms with Gasteiger partial charge in [-0.3, -0.25) is 4.18 Å². The van der Waals surface area contributed by atoms with E-state index in [9.17, 15) is 8.42 Å². The summed E-state index contributed by atoms with van der Waals surface area (Å²) in [5, 5.41) is 0. The fourth-order valence-electron chi connectivity index (χ4n) is 1.52. The molecule has 0 unspecified atom stereocenters. The summed E-state index contributed by atoms with van der Waals surface area (Å²) in [7, 11) is -3.67. The average Bonchev–Trinajstić information content (AvgIpc) is 2.35. The number of likely N-dealkylation sites (N-methyl/N-ethyl adjacent to an activating group) is 1. The Kier molecular flexibility index (Phi) is 5.58. The minimum atomic E-state index is -3.67. The van der Waals surface area contributed by atoms with Gasteiger partial charge in [0.2, 0.25) is 0 Å². The summed E-state index contributed by atoms with van der Waals surface area (Å²) in [5.74, 6) is 0. The van der Waals surface area contributed by atoms with Gasteiger partial charge in [0.05, 0.1) is 11.5 Å². The maximum Gasteiger partial charge on any atom is 0.297 e. The Morgan fingerprint density at radius 1 is 1.17 bits per heavy atom. The summed E-state index contributed by atoms with van der Waals surface area (Å²) < 4.78 is 28.6. The van der Waals surface area contributed by atoms with Gasteiger partial charge >= 0.3 is 0 Å². The number of benzene rings is 1. The van der Waals surface area contributed by atoms with Gasteiger partial charge in [-0.25, -0.2) is 0 Å². The first kappa shape index (κ1) is 14.9. The van der Waals surface area contributed by atoms with E-state index >= 15 is 0 Å². The molecule has 0 aliphatic carbocycles. The van der Waals surface area contributed by atoms with E-state index in [1.54, 1.807) is 12.1 Å². The van der Waals surface area contributed by atoms with Crippen molar-refractivity contribution in [3.8, 4) is 0 Å². The second-order valence-corrected chi connectivity index (χ2v) is 5.49. The van der Waals surface area contributed by atoms with Crippen LogP contribution in [0.2, 0.25) is 0 Å². The molecule has 0 saturated carbocycles. The summed E-state index contributed by atoms with van der Waals surface area (Å²) in [6.45, 7) is 6.56. The Hall–Kier alpha value is -1.11. The number of nitrogens with two attached hydrogens (primary N) is 1. The molecule has 0 atom stereocenters. The lowest BCUT2D eigenvalue weighted by Crippen LogP contribution is -2.27. The van der Waals surface area contributed by atoms with Crippen LogP contribution >= 0.6 is 0 Å². The molecule has 0 aliphatic heterocycles. The summed E-state index contributed by atoms with van der Waals surface area (Å²) >= 11 is 0. The van der Waals surface area contributed by atoms with Crippen molar-refractivity contribution in [2.45, 2.75) is 18.7 Å². The first-order valence-electron chi connectivity index (χ1n) is 5.97. The molecular weight excluding hydrogens is 252 g/mol. The van der Waals surface area contributed by atoms with E-state index in [1.165, 1.54) is 12.1 Å². The molecule has 0 aliphatic rings. The molecule has 0 spiro atoms. The van der Waals surface area contributed by atoms with Crippen LogP contribution in [0.4, 0.5) is 5.69 Å². The van der Waals surface area contributed by atoms with Crippen molar-refractivity contribution in [1.29, 1.82) is 0 Å². The zero-order valence-corrected chi connectivity index (χ0v) is 11.6. The Labute approximate surface area is 109 Å². The predicted molar refractivity (Wildman–Crippen MR) is 71.8 cm³/mol. The number of nitrogen functional groups attached to an aromatic ring is 1. The number of nitrogens with zero attached hydrogens (tertiary/aromatic N) is 1. The van der Waals surface area contributed by atoms with E-state index in [0.717, 1.165) is 13.1 Å². The highest BCUT2D eigenvalue weighted by Crippen LogP contribution is 2.14. The Balaban J connectivity index is 2.57. The fourth-order valence-corrected chi connectivity index (χ4v) is 2.42. The predicted octanol–water partition coefficient (Wildman–Crippen LogP) is 1.32. The molecule has 0 radical (unpaired) electrons. The molecule has 0 aromatic heterocycles. The molecule has 18 heavy (non-hydrogen) atoms. The van der Waals surface area contributed by atoms with Crippen molar-refractivity contribution in [3.05, 3.63) is 24.3 Å². The molecular formula is C12H20N2O3S. The zero-order chi connectivity index (χ0) is 13.6. The van der Waals surface area contributed by atoms with Crippen molar-refractivity contribution in [3.63, 3.8) is 0 Å². The van der Waals surface area contributed by atoms with Crippen LogP contribution in [0.5, 0.6) is 0 Å². The van der Waals surface area contributed by atoms with E-state index < -0.39 is 10.1 Å². The van der Waals surface area contributed by atoms with Gasteiger partial charge < -0.3 is 10.6 Å². The maximum atomic E-state index is 11.8. The lowest BCUT2D eigenvalue weighted by atomic mass is 10.3. The van der Waals surface area contributed by atoms with E-state index in [-0.39, 0.29) is 11.5 Å². The number of anilines is 1. The minimum Gasteiger partial charge on any atom is -0.399 e.